The third-order valence-electron chi connectivity index (χ3n) is 6.96. The minimum absolute atomic E-state index is 0.0970. The van der Waals surface area contributed by atoms with Gasteiger partial charge in [-0.25, -0.2) is 0 Å². The van der Waals surface area contributed by atoms with Gasteiger partial charge in [-0.15, -0.1) is 0 Å². The van der Waals surface area contributed by atoms with E-state index < -0.39 is 0 Å². The fourth-order valence-corrected chi connectivity index (χ4v) is 4.31. The van der Waals surface area contributed by atoms with Crippen LogP contribution in [0, 0.1) is 27.7 Å². The lowest BCUT2D eigenvalue weighted by atomic mass is 9.73. The molecule has 4 N–H and O–H groups in total. The first-order valence-corrected chi connectivity index (χ1v) is 10.7. The lowest BCUT2D eigenvalue weighted by molar-refractivity contribution is 0.625. The Bertz CT molecular complexity index is 952. The maximum atomic E-state index is 6.18. The van der Waals surface area contributed by atoms with Gasteiger partial charge >= 0.3 is 0 Å². The number of hydrogen-bond acceptors (Lipinski definition) is 2. The Morgan fingerprint density at radius 2 is 0.700 bits per heavy atom. The summed E-state index contributed by atoms with van der Waals surface area (Å²) in [6.07, 6.45) is 0. The summed E-state index contributed by atoms with van der Waals surface area (Å²) >= 11 is 0. The summed E-state index contributed by atoms with van der Waals surface area (Å²) in [6, 6.07) is 18.0. The first kappa shape index (κ1) is 22.0. The zero-order valence-electron chi connectivity index (χ0n) is 19.8. The number of aryl methyl sites for hydroxylation is 4. The lowest BCUT2D eigenvalue weighted by Gasteiger charge is -2.30. The van der Waals surface area contributed by atoms with E-state index in [0.717, 1.165) is 33.6 Å². The summed E-state index contributed by atoms with van der Waals surface area (Å²) in [5.74, 6) is 0. The molecule has 0 heterocycles. The van der Waals surface area contributed by atoms with Gasteiger partial charge in [0.05, 0.1) is 0 Å². The molecule has 2 nitrogen and oxygen atoms in total. The smallest absolute Gasteiger partial charge is 0.0373 e. The molecule has 3 rings (SSSR count). The van der Waals surface area contributed by atoms with Crippen LogP contribution >= 0.6 is 0 Å². The van der Waals surface area contributed by atoms with Crippen LogP contribution in [0.3, 0.4) is 0 Å². The van der Waals surface area contributed by atoms with Crippen LogP contribution in [0.4, 0.5) is 11.4 Å². The number of anilines is 2. The maximum Gasteiger partial charge on any atom is 0.0373 e. The molecule has 0 radical (unpaired) electrons. The van der Waals surface area contributed by atoms with E-state index in [0.29, 0.717) is 0 Å². The molecule has 0 unspecified atom stereocenters. The Morgan fingerprint density at radius 1 is 0.467 bits per heavy atom. The number of hydrogen-bond donors (Lipinski definition) is 2. The Balaban J connectivity index is 1.99. The van der Waals surface area contributed by atoms with Crippen molar-refractivity contribution in [3.8, 4) is 0 Å². The summed E-state index contributed by atoms with van der Waals surface area (Å²) in [6.45, 7) is 17.5. The van der Waals surface area contributed by atoms with Gasteiger partial charge in [0.25, 0.3) is 0 Å². The average molecular weight is 401 g/mol. The zero-order valence-corrected chi connectivity index (χ0v) is 19.8. The topological polar surface area (TPSA) is 52.0 Å². The SMILES string of the molecule is Cc1cc(C(C)(C)c2ccc(C(C)(C)c3cc(C)c(N)c(C)c3)cc2)cc(C)c1N. The van der Waals surface area contributed by atoms with Crippen molar-refractivity contribution in [3.05, 3.63) is 93.0 Å². The molecule has 0 fully saturated rings. The minimum Gasteiger partial charge on any atom is -0.398 e. The normalized spacial score (nSPS) is 12.3. The first-order valence-electron chi connectivity index (χ1n) is 10.7. The molecule has 0 aliphatic rings. The highest BCUT2D eigenvalue weighted by Crippen LogP contribution is 2.38. The molecule has 0 aromatic heterocycles. The van der Waals surface area contributed by atoms with E-state index >= 15 is 0 Å². The first-order chi connectivity index (χ1) is 13.9. The predicted octanol–water partition coefficient (Wildman–Crippen LogP) is 6.74. The van der Waals surface area contributed by atoms with Crippen LogP contribution in [0.25, 0.3) is 0 Å². The molecule has 30 heavy (non-hydrogen) atoms. The summed E-state index contributed by atoms with van der Waals surface area (Å²) in [5.41, 5.74) is 23.7. The molecular formula is C28H36N2. The standard InChI is InChI=1S/C28H36N2/c1-17-13-23(14-18(2)25(17)29)27(5,6)21-9-11-22(12-10-21)28(7,8)24-15-19(3)26(30)20(4)16-24/h9-16H,29-30H2,1-8H3. The highest BCUT2D eigenvalue weighted by molar-refractivity contribution is 5.58. The second-order valence-corrected chi connectivity index (χ2v) is 9.87. The van der Waals surface area contributed by atoms with Crippen molar-refractivity contribution in [2.75, 3.05) is 11.5 Å². The molecule has 0 amide bonds. The van der Waals surface area contributed by atoms with E-state index in [1.54, 1.807) is 0 Å². The van der Waals surface area contributed by atoms with E-state index in [4.69, 9.17) is 11.5 Å². The van der Waals surface area contributed by atoms with Crippen molar-refractivity contribution >= 4 is 11.4 Å². The number of nitrogens with two attached hydrogens (primary N) is 2. The van der Waals surface area contributed by atoms with Gasteiger partial charge in [-0.3, -0.25) is 0 Å². The third-order valence-corrected chi connectivity index (χ3v) is 6.96. The van der Waals surface area contributed by atoms with Gasteiger partial charge in [-0.05, 0) is 72.2 Å². The largest absolute Gasteiger partial charge is 0.398 e. The molecule has 0 atom stereocenters. The monoisotopic (exact) mass is 400 g/mol. The van der Waals surface area contributed by atoms with Crippen molar-refractivity contribution in [1.82, 2.24) is 0 Å². The summed E-state index contributed by atoms with van der Waals surface area (Å²) in [7, 11) is 0. The van der Waals surface area contributed by atoms with E-state index in [1.165, 1.54) is 22.3 Å². The van der Waals surface area contributed by atoms with E-state index in [1.807, 2.05) is 0 Å². The zero-order chi connectivity index (χ0) is 22.4. The average Bonchev–Trinajstić information content (AvgIpc) is 2.69. The molecule has 0 bridgehead atoms. The molecule has 3 aromatic carbocycles. The van der Waals surface area contributed by atoms with Gasteiger partial charge in [-0.1, -0.05) is 76.2 Å². The molecule has 0 spiro atoms. The van der Waals surface area contributed by atoms with Crippen LogP contribution in [-0.4, -0.2) is 0 Å². The van der Waals surface area contributed by atoms with Crippen molar-refractivity contribution < 1.29 is 0 Å². The lowest BCUT2D eigenvalue weighted by Crippen LogP contribution is -2.22. The molecule has 2 heteroatoms. The second-order valence-electron chi connectivity index (χ2n) is 9.87. The van der Waals surface area contributed by atoms with Gasteiger partial charge in [-0.2, -0.15) is 0 Å². The summed E-state index contributed by atoms with van der Waals surface area (Å²) in [5, 5.41) is 0. The Hall–Kier alpha value is -2.74. The van der Waals surface area contributed by atoms with E-state index in [-0.39, 0.29) is 10.8 Å². The predicted molar refractivity (Wildman–Crippen MR) is 131 cm³/mol. The van der Waals surface area contributed by atoms with Crippen molar-refractivity contribution in [3.63, 3.8) is 0 Å². The summed E-state index contributed by atoms with van der Waals surface area (Å²) < 4.78 is 0. The molecule has 158 valence electrons. The molecule has 0 aliphatic carbocycles. The molecule has 3 aromatic rings. The van der Waals surface area contributed by atoms with E-state index in [9.17, 15) is 0 Å². The number of nitrogen functional groups attached to an aromatic ring is 2. The van der Waals surface area contributed by atoms with Crippen LogP contribution < -0.4 is 11.5 Å². The minimum atomic E-state index is -0.0970. The van der Waals surface area contributed by atoms with Crippen LogP contribution in [0.5, 0.6) is 0 Å². The fraction of sp³-hybridized carbons (Fsp3) is 0.357. The van der Waals surface area contributed by atoms with Gasteiger partial charge in [0.1, 0.15) is 0 Å². The Kier molecular flexibility index (Phi) is 5.49. The second kappa shape index (κ2) is 7.50. The summed E-state index contributed by atoms with van der Waals surface area (Å²) in [4.78, 5) is 0. The Labute approximate surface area is 182 Å². The van der Waals surface area contributed by atoms with Crippen LogP contribution in [0.15, 0.2) is 48.5 Å². The van der Waals surface area contributed by atoms with Crippen LogP contribution in [0.2, 0.25) is 0 Å². The highest BCUT2D eigenvalue weighted by Gasteiger charge is 2.27. The van der Waals surface area contributed by atoms with Crippen molar-refractivity contribution in [2.45, 2.75) is 66.2 Å². The van der Waals surface area contributed by atoms with Gasteiger partial charge in [0.15, 0.2) is 0 Å². The van der Waals surface area contributed by atoms with Crippen molar-refractivity contribution in [2.24, 2.45) is 0 Å². The van der Waals surface area contributed by atoms with Gasteiger partial charge < -0.3 is 11.5 Å². The van der Waals surface area contributed by atoms with Gasteiger partial charge in [0, 0.05) is 22.2 Å². The maximum absolute atomic E-state index is 6.18. The van der Waals surface area contributed by atoms with Crippen LogP contribution in [-0.2, 0) is 10.8 Å². The number of rotatable bonds is 4. The quantitative estimate of drug-likeness (QED) is 0.477. The molecular weight excluding hydrogens is 364 g/mol. The Morgan fingerprint density at radius 3 is 0.933 bits per heavy atom. The highest BCUT2D eigenvalue weighted by atomic mass is 14.6. The number of benzene rings is 3. The van der Waals surface area contributed by atoms with Gasteiger partial charge in [0.2, 0.25) is 0 Å². The molecule has 0 aliphatic heterocycles. The molecule has 0 saturated carbocycles. The molecule has 0 saturated heterocycles. The van der Waals surface area contributed by atoms with Crippen molar-refractivity contribution in [1.29, 1.82) is 0 Å². The fourth-order valence-electron chi connectivity index (χ4n) is 4.31. The van der Waals surface area contributed by atoms with Crippen LogP contribution in [0.1, 0.15) is 72.2 Å². The van der Waals surface area contributed by atoms with E-state index in [2.05, 4.69) is 104 Å². The third kappa shape index (κ3) is 3.71.